The van der Waals surface area contributed by atoms with Crippen LogP contribution in [0.5, 0.6) is 0 Å². The molecule has 0 atom stereocenters. The van der Waals surface area contributed by atoms with Crippen molar-refractivity contribution in [2.45, 2.75) is 13.1 Å². The normalized spacial score (nSPS) is 13.1. The summed E-state index contributed by atoms with van der Waals surface area (Å²) in [5.74, 6) is -0.0594. The number of carbonyl (C=O) groups is 1. The molecule has 1 aliphatic heterocycles. The minimum absolute atomic E-state index is 0.0594. The first-order valence-electron chi connectivity index (χ1n) is 6.02. The van der Waals surface area contributed by atoms with Crippen LogP contribution in [0.2, 0.25) is 0 Å². The highest BCUT2D eigenvalue weighted by Gasteiger charge is 2.13. The van der Waals surface area contributed by atoms with Crippen LogP contribution in [0.15, 0.2) is 48.5 Å². The number of nitrogens with one attached hydrogen (secondary N) is 2. The lowest BCUT2D eigenvalue weighted by Gasteiger charge is -2.06. The van der Waals surface area contributed by atoms with E-state index in [1.165, 1.54) is 11.1 Å². The van der Waals surface area contributed by atoms with Gasteiger partial charge in [0.2, 0.25) is 0 Å². The zero-order chi connectivity index (χ0) is 12.4. The van der Waals surface area contributed by atoms with Crippen molar-refractivity contribution in [3.05, 3.63) is 65.2 Å². The maximum atomic E-state index is 12.1. The highest BCUT2D eigenvalue weighted by atomic mass is 16.1. The topological polar surface area (TPSA) is 41.1 Å². The molecule has 2 aromatic carbocycles. The second kappa shape index (κ2) is 4.63. The molecule has 0 saturated carbocycles. The Hall–Kier alpha value is -2.13. The van der Waals surface area contributed by atoms with E-state index in [-0.39, 0.29) is 5.91 Å². The summed E-state index contributed by atoms with van der Waals surface area (Å²) in [5.41, 5.74) is 4.03. The van der Waals surface area contributed by atoms with E-state index in [9.17, 15) is 4.79 Å². The first-order valence-corrected chi connectivity index (χ1v) is 6.02. The molecule has 3 nitrogen and oxygen atoms in total. The first kappa shape index (κ1) is 11.0. The summed E-state index contributed by atoms with van der Waals surface area (Å²) in [4.78, 5) is 12.1. The lowest BCUT2D eigenvalue weighted by Crippen LogP contribution is -2.12. The number of fused-ring (bicyclic) bond motifs is 1. The summed E-state index contributed by atoms with van der Waals surface area (Å²) < 4.78 is 0. The second-order valence-corrected chi connectivity index (χ2v) is 4.41. The lowest BCUT2D eigenvalue weighted by atomic mass is 10.1. The van der Waals surface area contributed by atoms with E-state index in [2.05, 4.69) is 10.6 Å². The molecule has 0 bridgehead atoms. The Morgan fingerprint density at radius 3 is 2.61 bits per heavy atom. The third-order valence-electron chi connectivity index (χ3n) is 3.13. The van der Waals surface area contributed by atoms with Crippen molar-refractivity contribution in [3.8, 4) is 0 Å². The van der Waals surface area contributed by atoms with Gasteiger partial charge in [0.05, 0.1) is 0 Å². The van der Waals surface area contributed by atoms with E-state index < -0.39 is 0 Å². The quantitative estimate of drug-likeness (QED) is 0.844. The molecule has 90 valence electrons. The largest absolute Gasteiger partial charge is 0.322 e. The van der Waals surface area contributed by atoms with Crippen molar-refractivity contribution in [3.63, 3.8) is 0 Å². The zero-order valence-electron chi connectivity index (χ0n) is 9.94. The van der Waals surface area contributed by atoms with Gasteiger partial charge in [-0.1, -0.05) is 24.3 Å². The smallest absolute Gasteiger partial charge is 0.255 e. The maximum absolute atomic E-state index is 12.1. The van der Waals surface area contributed by atoms with Crippen LogP contribution in [0.25, 0.3) is 0 Å². The molecule has 18 heavy (non-hydrogen) atoms. The number of carbonyl (C=O) groups excluding carboxylic acids is 1. The molecule has 0 radical (unpaired) electrons. The molecule has 2 N–H and O–H groups in total. The van der Waals surface area contributed by atoms with E-state index in [1.807, 2.05) is 48.5 Å². The Kier molecular flexibility index (Phi) is 2.82. The highest BCUT2D eigenvalue weighted by Crippen LogP contribution is 2.18. The fourth-order valence-corrected chi connectivity index (χ4v) is 2.16. The summed E-state index contributed by atoms with van der Waals surface area (Å²) in [6.45, 7) is 1.75. The molecule has 0 unspecified atom stereocenters. The highest BCUT2D eigenvalue weighted by molar-refractivity contribution is 6.04. The van der Waals surface area contributed by atoms with Gasteiger partial charge in [-0.05, 0) is 35.4 Å². The minimum Gasteiger partial charge on any atom is -0.322 e. The molecule has 2 aromatic rings. The van der Waals surface area contributed by atoms with E-state index in [0.29, 0.717) is 5.56 Å². The Morgan fingerprint density at radius 1 is 1.00 bits per heavy atom. The lowest BCUT2D eigenvalue weighted by molar-refractivity contribution is 0.102. The monoisotopic (exact) mass is 238 g/mol. The Labute approximate surface area is 106 Å². The van der Waals surface area contributed by atoms with Gasteiger partial charge in [-0.2, -0.15) is 0 Å². The summed E-state index contributed by atoms with van der Waals surface area (Å²) in [7, 11) is 0. The number of para-hydroxylation sites is 1. The molecule has 1 aliphatic rings. The summed E-state index contributed by atoms with van der Waals surface area (Å²) >= 11 is 0. The molecule has 0 aromatic heterocycles. The maximum Gasteiger partial charge on any atom is 0.255 e. The minimum atomic E-state index is -0.0594. The van der Waals surface area contributed by atoms with Crippen LogP contribution in [0.4, 0.5) is 5.69 Å². The van der Waals surface area contributed by atoms with Gasteiger partial charge in [0.1, 0.15) is 0 Å². The van der Waals surface area contributed by atoms with Crippen LogP contribution in [0.1, 0.15) is 21.5 Å². The molecule has 1 amide bonds. The summed E-state index contributed by atoms with van der Waals surface area (Å²) in [6.07, 6.45) is 0. The fraction of sp³-hybridized carbons (Fsp3) is 0.133. The van der Waals surface area contributed by atoms with Crippen LogP contribution in [0.3, 0.4) is 0 Å². The third kappa shape index (κ3) is 2.13. The van der Waals surface area contributed by atoms with Gasteiger partial charge in [0, 0.05) is 24.3 Å². The van der Waals surface area contributed by atoms with Gasteiger partial charge in [0.25, 0.3) is 5.91 Å². The molecule has 0 aliphatic carbocycles. The summed E-state index contributed by atoms with van der Waals surface area (Å²) in [5, 5.41) is 6.16. The predicted molar refractivity (Wildman–Crippen MR) is 71.4 cm³/mol. The summed E-state index contributed by atoms with van der Waals surface area (Å²) in [6, 6.07) is 15.4. The number of hydrogen-bond donors (Lipinski definition) is 2. The van der Waals surface area contributed by atoms with Crippen molar-refractivity contribution in [2.75, 3.05) is 5.32 Å². The standard InChI is InChI=1S/C15H14N2O/c18-15(17-14-4-2-1-3-5-14)11-6-7-12-9-16-10-13(12)8-11/h1-8,16H,9-10H2,(H,17,18). The molecular weight excluding hydrogens is 224 g/mol. The zero-order valence-corrected chi connectivity index (χ0v) is 9.94. The number of hydrogen-bond acceptors (Lipinski definition) is 2. The van der Waals surface area contributed by atoms with Crippen molar-refractivity contribution in [1.29, 1.82) is 0 Å². The van der Waals surface area contributed by atoms with Crippen molar-refractivity contribution in [1.82, 2.24) is 5.32 Å². The molecule has 3 heteroatoms. The average Bonchev–Trinajstić information content (AvgIpc) is 2.87. The van der Waals surface area contributed by atoms with E-state index in [1.54, 1.807) is 0 Å². The van der Waals surface area contributed by atoms with Gasteiger partial charge in [-0.15, -0.1) is 0 Å². The number of amides is 1. The second-order valence-electron chi connectivity index (χ2n) is 4.41. The van der Waals surface area contributed by atoms with Crippen LogP contribution in [-0.4, -0.2) is 5.91 Å². The van der Waals surface area contributed by atoms with E-state index in [0.717, 1.165) is 18.8 Å². The van der Waals surface area contributed by atoms with Crippen LogP contribution in [0, 0.1) is 0 Å². The SMILES string of the molecule is O=C(Nc1ccccc1)c1ccc2c(c1)CNC2. The third-order valence-corrected chi connectivity index (χ3v) is 3.13. The Balaban J connectivity index is 1.81. The van der Waals surface area contributed by atoms with Gasteiger partial charge in [-0.3, -0.25) is 4.79 Å². The van der Waals surface area contributed by atoms with Crippen LogP contribution >= 0.6 is 0 Å². The van der Waals surface area contributed by atoms with Gasteiger partial charge in [-0.25, -0.2) is 0 Å². The number of benzene rings is 2. The van der Waals surface area contributed by atoms with Gasteiger partial charge >= 0.3 is 0 Å². The van der Waals surface area contributed by atoms with Crippen LogP contribution in [-0.2, 0) is 13.1 Å². The Bertz CT molecular complexity index is 578. The molecule has 0 spiro atoms. The molecular formula is C15H14N2O. The number of anilines is 1. The van der Waals surface area contributed by atoms with Gasteiger partial charge < -0.3 is 10.6 Å². The van der Waals surface area contributed by atoms with Gasteiger partial charge in [0.15, 0.2) is 0 Å². The van der Waals surface area contributed by atoms with Crippen molar-refractivity contribution >= 4 is 11.6 Å². The molecule has 0 fully saturated rings. The predicted octanol–water partition coefficient (Wildman–Crippen LogP) is 2.54. The molecule has 0 saturated heterocycles. The van der Waals surface area contributed by atoms with Crippen LogP contribution < -0.4 is 10.6 Å². The molecule has 3 rings (SSSR count). The van der Waals surface area contributed by atoms with Crippen molar-refractivity contribution in [2.24, 2.45) is 0 Å². The number of rotatable bonds is 2. The van der Waals surface area contributed by atoms with E-state index >= 15 is 0 Å². The first-order chi connectivity index (χ1) is 8.83. The molecule has 1 heterocycles. The average molecular weight is 238 g/mol. The van der Waals surface area contributed by atoms with E-state index in [4.69, 9.17) is 0 Å². The fourth-order valence-electron chi connectivity index (χ4n) is 2.16. The Morgan fingerprint density at radius 2 is 1.78 bits per heavy atom. The van der Waals surface area contributed by atoms with Crippen molar-refractivity contribution < 1.29 is 4.79 Å².